The zero-order valence-corrected chi connectivity index (χ0v) is 10.5. The fourth-order valence-electron chi connectivity index (χ4n) is 1.65. The van der Waals surface area contributed by atoms with Crippen LogP contribution in [0.4, 0.5) is 4.39 Å². The summed E-state index contributed by atoms with van der Waals surface area (Å²) in [5.41, 5.74) is 5.32. The van der Waals surface area contributed by atoms with Gasteiger partial charge in [0.1, 0.15) is 10.8 Å². The average Bonchev–Trinajstić information content (AvgIpc) is 2.32. The van der Waals surface area contributed by atoms with Crippen molar-refractivity contribution in [1.29, 1.82) is 0 Å². The summed E-state index contributed by atoms with van der Waals surface area (Å²) in [4.78, 5) is 24.6. The third-order valence-electron chi connectivity index (χ3n) is 2.49. The van der Waals surface area contributed by atoms with Gasteiger partial charge in [0.15, 0.2) is 0 Å². The molecule has 98 valence electrons. The van der Waals surface area contributed by atoms with Gasteiger partial charge in [-0.3, -0.25) is 14.3 Å². The molecule has 7 heteroatoms. The minimum atomic E-state index is -0.561. The van der Waals surface area contributed by atoms with Crippen LogP contribution in [0.25, 0.3) is 0 Å². The smallest absolute Gasteiger partial charge is 0.328 e. The summed E-state index contributed by atoms with van der Waals surface area (Å²) in [7, 11) is 0. The van der Waals surface area contributed by atoms with Crippen LogP contribution in [0.5, 0.6) is 0 Å². The van der Waals surface area contributed by atoms with E-state index in [2.05, 4.69) is 4.98 Å². The molecule has 0 unspecified atom stereocenters. The number of rotatable bonds is 3. The van der Waals surface area contributed by atoms with Gasteiger partial charge in [-0.15, -0.1) is 0 Å². The predicted molar refractivity (Wildman–Crippen MR) is 72.7 cm³/mol. The Morgan fingerprint density at radius 1 is 1.37 bits per heavy atom. The van der Waals surface area contributed by atoms with Crippen molar-refractivity contribution in [2.45, 2.75) is 6.54 Å². The Kier molecular flexibility index (Phi) is 3.57. The van der Waals surface area contributed by atoms with Crippen LogP contribution < -0.4 is 17.0 Å². The lowest BCUT2D eigenvalue weighted by atomic mass is 10.1. The second-order valence-electron chi connectivity index (χ2n) is 3.95. The number of aromatic nitrogens is 2. The molecule has 2 aromatic rings. The number of benzene rings is 1. The molecule has 0 spiro atoms. The van der Waals surface area contributed by atoms with Crippen molar-refractivity contribution in [2.75, 3.05) is 0 Å². The van der Waals surface area contributed by atoms with Crippen molar-refractivity contribution in [2.24, 2.45) is 5.73 Å². The second kappa shape index (κ2) is 5.15. The lowest BCUT2D eigenvalue weighted by Crippen LogP contribution is -2.29. The summed E-state index contributed by atoms with van der Waals surface area (Å²) in [6.07, 6.45) is 1.34. The van der Waals surface area contributed by atoms with Crippen LogP contribution >= 0.6 is 12.2 Å². The first-order valence-electron chi connectivity index (χ1n) is 5.35. The Morgan fingerprint density at radius 2 is 2.11 bits per heavy atom. The van der Waals surface area contributed by atoms with Gasteiger partial charge in [0, 0.05) is 17.8 Å². The number of nitrogens with one attached hydrogen (secondary N) is 1. The molecule has 0 amide bonds. The maximum atomic E-state index is 13.4. The molecule has 1 aromatic heterocycles. The normalized spacial score (nSPS) is 10.4. The first-order chi connectivity index (χ1) is 8.95. The molecule has 0 aliphatic carbocycles. The molecule has 0 aliphatic rings. The van der Waals surface area contributed by atoms with E-state index in [1.54, 1.807) is 6.07 Å². The molecule has 0 bridgehead atoms. The highest BCUT2D eigenvalue weighted by atomic mass is 32.1. The Bertz CT molecular complexity index is 751. The summed E-state index contributed by atoms with van der Waals surface area (Å²) in [6.45, 7) is 0.114. The molecule has 2 rings (SSSR count). The van der Waals surface area contributed by atoms with E-state index in [0.29, 0.717) is 11.1 Å². The molecule has 19 heavy (non-hydrogen) atoms. The Labute approximate surface area is 112 Å². The first kappa shape index (κ1) is 13.2. The molecule has 0 radical (unpaired) electrons. The zero-order chi connectivity index (χ0) is 14.0. The lowest BCUT2D eigenvalue weighted by molar-refractivity contribution is 0.621. The van der Waals surface area contributed by atoms with E-state index in [-0.39, 0.29) is 11.5 Å². The molecule has 5 nitrogen and oxygen atoms in total. The zero-order valence-electron chi connectivity index (χ0n) is 9.72. The summed E-state index contributed by atoms with van der Waals surface area (Å²) in [5, 5.41) is 0. The number of halogens is 1. The van der Waals surface area contributed by atoms with Crippen molar-refractivity contribution >= 4 is 17.2 Å². The molecule has 1 heterocycles. The van der Waals surface area contributed by atoms with Gasteiger partial charge in [0.2, 0.25) is 0 Å². The standard InChI is InChI=1S/C12H10FN3O2S/c13-9-4-7(3-8(5-9)11(14)19)6-16-2-1-10(17)15-12(16)18/h1-5H,6H2,(H2,14,19)(H,15,17,18). The van der Waals surface area contributed by atoms with Crippen molar-refractivity contribution in [3.05, 3.63) is 68.2 Å². The Morgan fingerprint density at radius 3 is 2.74 bits per heavy atom. The summed E-state index contributed by atoms with van der Waals surface area (Å²) in [5.74, 6) is -0.488. The predicted octanol–water partition coefficient (Wildman–Crippen LogP) is 0.358. The van der Waals surface area contributed by atoms with Crippen LogP contribution in [0.2, 0.25) is 0 Å². The molecule has 0 saturated heterocycles. The minimum absolute atomic E-state index is 0.0783. The number of hydrogen-bond donors (Lipinski definition) is 2. The Hall–Kier alpha value is -2.28. The highest BCUT2D eigenvalue weighted by molar-refractivity contribution is 7.80. The van der Waals surface area contributed by atoms with Gasteiger partial charge in [-0.1, -0.05) is 12.2 Å². The second-order valence-corrected chi connectivity index (χ2v) is 4.39. The highest BCUT2D eigenvalue weighted by Crippen LogP contribution is 2.10. The van der Waals surface area contributed by atoms with Gasteiger partial charge in [-0.2, -0.15) is 0 Å². The fraction of sp³-hybridized carbons (Fsp3) is 0.0833. The number of H-pyrrole nitrogens is 1. The van der Waals surface area contributed by atoms with Gasteiger partial charge >= 0.3 is 5.69 Å². The fourth-order valence-corrected chi connectivity index (χ4v) is 1.77. The Balaban J connectivity index is 2.40. The third kappa shape index (κ3) is 3.14. The van der Waals surface area contributed by atoms with Crippen molar-refractivity contribution in [3.8, 4) is 0 Å². The van der Waals surface area contributed by atoms with E-state index in [4.69, 9.17) is 18.0 Å². The summed E-state index contributed by atoms with van der Waals surface area (Å²) in [6, 6.07) is 5.32. The number of aromatic amines is 1. The highest BCUT2D eigenvalue weighted by Gasteiger charge is 2.05. The van der Waals surface area contributed by atoms with Gasteiger partial charge in [0.25, 0.3) is 5.56 Å². The van der Waals surface area contributed by atoms with E-state index in [9.17, 15) is 14.0 Å². The van der Waals surface area contributed by atoms with Gasteiger partial charge in [-0.25, -0.2) is 9.18 Å². The maximum absolute atomic E-state index is 13.4. The van der Waals surface area contributed by atoms with Crippen LogP contribution in [0.3, 0.4) is 0 Å². The largest absolute Gasteiger partial charge is 0.389 e. The number of thiocarbonyl (C=S) groups is 1. The van der Waals surface area contributed by atoms with Gasteiger partial charge in [0.05, 0.1) is 6.54 Å². The molecule has 1 aromatic carbocycles. The third-order valence-corrected chi connectivity index (χ3v) is 2.73. The monoisotopic (exact) mass is 279 g/mol. The number of nitrogens with two attached hydrogens (primary N) is 1. The van der Waals surface area contributed by atoms with E-state index < -0.39 is 17.1 Å². The molecule has 0 aliphatic heterocycles. The average molecular weight is 279 g/mol. The van der Waals surface area contributed by atoms with Gasteiger partial charge in [-0.05, 0) is 23.8 Å². The van der Waals surface area contributed by atoms with E-state index in [1.807, 2.05) is 0 Å². The molecular formula is C12H10FN3O2S. The van der Waals surface area contributed by atoms with Crippen molar-refractivity contribution < 1.29 is 4.39 Å². The van der Waals surface area contributed by atoms with Crippen molar-refractivity contribution in [1.82, 2.24) is 9.55 Å². The van der Waals surface area contributed by atoms with Crippen molar-refractivity contribution in [3.63, 3.8) is 0 Å². The van der Waals surface area contributed by atoms with Crippen LogP contribution in [0.1, 0.15) is 11.1 Å². The van der Waals surface area contributed by atoms with E-state index in [1.165, 1.54) is 29.0 Å². The summed E-state index contributed by atoms with van der Waals surface area (Å²) >= 11 is 4.78. The van der Waals surface area contributed by atoms with Crippen LogP contribution in [0.15, 0.2) is 40.1 Å². The number of nitrogens with zero attached hydrogens (tertiary/aromatic N) is 1. The topological polar surface area (TPSA) is 80.9 Å². The van der Waals surface area contributed by atoms with Crippen LogP contribution in [0, 0.1) is 5.82 Å². The maximum Gasteiger partial charge on any atom is 0.328 e. The molecular weight excluding hydrogens is 269 g/mol. The van der Waals surface area contributed by atoms with Crippen LogP contribution in [-0.2, 0) is 6.54 Å². The molecule has 0 atom stereocenters. The van der Waals surface area contributed by atoms with E-state index >= 15 is 0 Å². The quantitative estimate of drug-likeness (QED) is 0.795. The first-order valence-corrected chi connectivity index (χ1v) is 5.75. The summed E-state index contributed by atoms with van der Waals surface area (Å²) < 4.78 is 14.6. The van der Waals surface area contributed by atoms with Crippen LogP contribution in [-0.4, -0.2) is 14.5 Å². The van der Waals surface area contributed by atoms with E-state index in [0.717, 1.165) is 0 Å². The molecule has 0 fully saturated rings. The SMILES string of the molecule is NC(=S)c1cc(F)cc(Cn2ccc(=O)[nH]c2=O)c1. The molecule has 0 saturated carbocycles. The lowest BCUT2D eigenvalue weighted by Gasteiger charge is -2.07. The number of hydrogen-bond acceptors (Lipinski definition) is 3. The minimum Gasteiger partial charge on any atom is -0.389 e. The van der Waals surface area contributed by atoms with Gasteiger partial charge < -0.3 is 5.73 Å². The molecule has 3 N–H and O–H groups in total.